The van der Waals surface area contributed by atoms with E-state index < -0.39 is 0 Å². The van der Waals surface area contributed by atoms with Crippen LogP contribution in [0.4, 0.5) is 0 Å². The van der Waals surface area contributed by atoms with Gasteiger partial charge in [0, 0.05) is 16.0 Å². The summed E-state index contributed by atoms with van der Waals surface area (Å²) in [5.41, 5.74) is 11.0. The normalized spacial score (nSPS) is 22.4. The predicted octanol–water partition coefficient (Wildman–Crippen LogP) is 7.59. The molecule has 5 heteroatoms. The molecule has 0 radical (unpaired) electrons. The second-order valence-electron chi connectivity index (χ2n) is 9.52. The third-order valence-corrected chi connectivity index (χ3v) is 6.89. The number of nitrogens with zero attached hydrogens (tertiary/aromatic N) is 1. The van der Waals surface area contributed by atoms with E-state index in [1.165, 1.54) is 0 Å². The maximum absolute atomic E-state index is 9.95. The van der Waals surface area contributed by atoms with Crippen molar-refractivity contribution in [3.63, 3.8) is 0 Å². The van der Waals surface area contributed by atoms with Crippen molar-refractivity contribution in [1.82, 2.24) is 0 Å². The van der Waals surface area contributed by atoms with E-state index >= 15 is 0 Å². The molecule has 0 unspecified atom stereocenters. The van der Waals surface area contributed by atoms with Gasteiger partial charge in [0.25, 0.3) is 0 Å². The Morgan fingerprint density at radius 1 is 1.00 bits per heavy atom. The Morgan fingerprint density at radius 3 is 2.16 bits per heavy atom. The first-order valence-corrected chi connectivity index (χ1v) is 11.5. The van der Waals surface area contributed by atoms with Gasteiger partial charge in [-0.25, -0.2) is 0 Å². The number of rotatable bonds is 2. The molecule has 0 saturated carbocycles. The summed E-state index contributed by atoms with van der Waals surface area (Å²) in [5, 5.41) is 11.3. The van der Waals surface area contributed by atoms with E-state index in [1.807, 2.05) is 48.5 Å². The van der Waals surface area contributed by atoms with Crippen LogP contribution in [0.1, 0.15) is 50.7 Å². The van der Waals surface area contributed by atoms with Crippen molar-refractivity contribution >= 4 is 29.3 Å². The molecule has 0 amide bonds. The molecule has 1 aliphatic carbocycles. The minimum atomic E-state index is -0.250. The van der Waals surface area contributed by atoms with E-state index in [2.05, 4.69) is 32.9 Å². The van der Waals surface area contributed by atoms with Gasteiger partial charge in [0.05, 0.1) is 0 Å². The Kier molecular flexibility index (Phi) is 6.12. The largest absolute Gasteiger partial charge is 0.440 e. The van der Waals surface area contributed by atoms with Crippen LogP contribution in [-0.4, -0.2) is 0 Å². The van der Waals surface area contributed by atoms with Crippen LogP contribution >= 0.6 is 23.2 Å². The summed E-state index contributed by atoms with van der Waals surface area (Å²) in [6, 6.07) is 17.7. The fourth-order valence-corrected chi connectivity index (χ4v) is 4.75. The summed E-state index contributed by atoms with van der Waals surface area (Å²) in [6.07, 6.45) is 3.85. The molecule has 0 saturated heterocycles. The van der Waals surface area contributed by atoms with E-state index in [0.717, 1.165) is 40.9 Å². The lowest BCUT2D eigenvalue weighted by Crippen LogP contribution is -2.31. The summed E-state index contributed by atoms with van der Waals surface area (Å²) in [5.74, 6) is 1.09. The number of nitriles is 1. The molecule has 4 rings (SSSR count). The molecule has 0 aromatic heterocycles. The maximum Gasteiger partial charge on any atom is 0.205 e. The zero-order chi connectivity index (χ0) is 23.0. The van der Waals surface area contributed by atoms with E-state index in [1.54, 1.807) is 0 Å². The molecule has 32 heavy (non-hydrogen) atoms. The van der Waals surface area contributed by atoms with Gasteiger partial charge < -0.3 is 10.5 Å². The van der Waals surface area contributed by atoms with Crippen LogP contribution in [0.3, 0.4) is 0 Å². The van der Waals surface area contributed by atoms with Crippen LogP contribution in [0.25, 0.3) is 6.08 Å². The van der Waals surface area contributed by atoms with Crippen LogP contribution in [0.2, 0.25) is 10.0 Å². The average Bonchev–Trinajstić information content (AvgIpc) is 2.74. The second-order valence-corrected chi connectivity index (χ2v) is 10.4. The van der Waals surface area contributed by atoms with Gasteiger partial charge in [-0.05, 0) is 76.8 Å². The number of hydrogen-bond donors (Lipinski definition) is 1. The Morgan fingerprint density at radius 2 is 1.59 bits per heavy atom. The lowest BCUT2D eigenvalue weighted by molar-refractivity contribution is 0.200. The summed E-state index contributed by atoms with van der Waals surface area (Å²) in [4.78, 5) is 0. The van der Waals surface area contributed by atoms with Crippen molar-refractivity contribution in [2.75, 3.05) is 0 Å². The molecule has 1 heterocycles. The summed E-state index contributed by atoms with van der Waals surface area (Å²) in [6.45, 7) is 6.79. The molecule has 0 spiro atoms. The van der Waals surface area contributed by atoms with Gasteiger partial charge in [-0.2, -0.15) is 5.26 Å². The van der Waals surface area contributed by atoms with E-state index in [0.29, 0.717) is 21.5 Å². The molecule has 2 aromatic rings. The van der Waals surface area contributed by atoms with Crippen LogP contribution < -0.4 is 5.73 Å². The van der Waals surface area contributed by atoms with Crippen molar-refractivity contribution in [3.8, 4) is 6.07 Å². The van der Waals surface area contributed by atoms with Gasteiger partial charge in [-0.15, -0.1) is 0 Å². The Hall–Kier alpha value is -2.67. The maximum atomic E-state index is 9.95. The highest BCUT2D eigenvalue weighted by Crippen LogP contribution is 2.51. The average molecular weight is 465 g/mol. The summed E-state index contributed by atoms with van der Waals surface area (Å²) < 4.78 is 6.13. The summed E-state index contributed by atoms with van der Waals surface area (Å²) in [7, 11) is 0. The van der Waals surface area contributed by atoms with Crippen molar-refractivity contribution in [2.24, 2.45) is 17.1 Å². The Labute approximate surface area is 199 Å². The standard InChI is InChI=1S/C27H26Cl2N2O/c1-27(2,3)19-13-18(12-16-4-8-20(28)9-5-16)25-22(14-19)24(23(15-30)26(31)32-25)17-6-10-21(29)11-7-17/h4-12,19,24H,13-14,31H2,1-3H3/b18-12+/t19-,24-/m1/s1. The third-order valence-electron chi connectivity index (χ3n) is 6.39. The second kappa shape index (κ2) is 8.70. The highest BCUT2D eigenvalue weighted by molar-refractivity contribution is 6.30. The topological polar surface area (TPSA) is 59.0 Å². The number of halogens is 2. The van der Waals surface area contributed by atoms with Gasteiger partial charge in [-0.3, -0.25) is 0 Å². The molecule has 0 bridgehead atoms. The molecule has 2 aromatic carbocycles. The number of allylic oxidation sites excluding steroid dienone is 3. The highest BCUT2D eigenvalue weighted by atomic mass is 35.5. The molecule has 2 atom stereocenters. The van der Waals surface area contributed by atoms with Crippen LogP contribution in [0.15, 0.2) is 76.9 Å². The zero-order valence-electron chi connectivity index (χ0n) is 18.5. The van der Waals surface area contributed by atoms with E-state index in [4.69, 9.17) is 33.7 Å². The lowest BCUT2D eigenvalue weighted by Gasteiger charge is -2.41. The molecule has 2 N–H and O–H groups in total. The third kappa shape index (κ3) is 4.44. The number of ether oxygens (including phenoxy) is 1. The fraction of sp³-hybridized carbons (Fsp3) is 0.296. The molecular weight excluding hydrogens is 439 g/mol. The number of nitrogens with two attached hydrogens (primary N) is 1. The minimum Gasteiger partial charge on any atom is -0.440 e. The number of hydrogen-bond acceptors (Lipinski definition) is 3. The van der Waals surface area contributed by atoms with Crippen molar-refractivity contribution in [2.45, 2.75) is 39.5 Å². The fourth-order valence-electron chi connectivity index (χ4n) is 4.50. The van der Waals surface area contributed by atoms with E-state index in [-0.39, 0.29) is 17.2 Å². The first kappa shape index (κ1) is 22.5. The van der Waals surface area contributed by atoms with E-state index in [9.17, 15) is 5.26 Å². The van der Waals surface area contributed by atoms with Gasteiger partial charge in [0.1, 0.15) is 17.4 Å². The number of benzene rings is 2. The first-order valence-electron chi connectivity index (χ1n) is 10.7. The smallest absolute Gasteiger partial charge is 0.205 e. The monoisotopic (exact) mass is 464 g/mol. The molecule has 3 nitrogen and oxygen atoms in total. The van der Waals surface area contributed by atoms with Crippen molar-refractivity contribution in [1.29, 1.82) is 5.26 Å². The Balaban J connectivity index is 1.89. The molecule has 1 aliphatic heterocycles. The molecule has 164 valence electrons. The SMILES string of the molecule is CC(C)(C)[C@H]1CC2=C(OC(N)=C(C#N)[C@@H]2c2ccc(Cl)cc2)/C(=C/c2ccc(Cl)cc2)C1. The predicted molar refractivity (Wildman–Crippen MR) is 131 cm³/mol. The molecular formula is C27H26Cl2N2O. The zero-order valence-corrected chi connectivity index (χ0v) is 20.0. The molecule has 2 aliphatic rings. The first-order chi connectivity index (χ1) is 15.2. The minimum absolute atomic E-state index is 0.0850. The Bertz CT molecular complexity index is 1160. The van der Waals surface area contributed by atoms with Crippen LogP contribution in [-0.2, 0) is 4.74 Å². The van der Waals surface area contributed by atoms with Gasteiger partial charge in [-0.1, -0.05) is 68.2 Å². The van der Waals surface area contributed by atoms with Gasteiger partial charge in [0.2, 0.25) is 5.88 Å². The molecule has 0 fully saturated rings. The van der Waals surface area contributed by atoms with Gasteiger partial charge >= 0.3 is 0 Å². The van der Waals surface area contributed by atoms with Gasteiger partial charge in [0.15, 0.2) is 0 Å². The quantitative estimate of drug-likeness (QED) is 0.497. The van der Waals surface area contributed by atoms with Crippen LogP contribution in [0.5, 0.6) is 0 Å². The van der Waals surface area contributed by atoms with Crippen LogP contribution in [0, 0.1) is 22.7 Å². The lowest BCUT2D eigenvalue weighted by atomic mass is 9.66. The van der Waals surface area contributed by atoms with Crippen molar-refractivity contribution in [3.05, 3.63) is 98.1 Å². The highest BCUT2D eigenvalue weighted by Gasteiger charge is 2.41. The summed E-state index contributed by atoms with van der Waals surface area (Å²) >= 11 is 12.2. The van der Waals surface area contributed by atoms with Crippen molar-refractivity contribution < 1.29 is 4.74 Å².